The Hall–Kier alpha value is -2.59. The number of aliphatic hydroxyl groups is 1. The molecule has 29 heavy (non-hydrogen) atoms. The highest BCUT2D eigenvalue weighted by molar-refractivity contribution is 6.07. The van der Waals surface area contributed by atoms with Crippen molar-refractivity contribution in [1.29, 1.82) is 5.26 Å². The number of carbonyl (C=O) groups excluding carboxylic acids is 2. The van der Waals surface area contributed by atoms with Crippen LogP contribution in [0.4, 0.5) is 4.79 Å². The van der Waals surface area contributed by atoms with E-state index in [-0.39, 0.29) is 24.5 Å². The molecular formula is C22H29N3O4. The molecule has 1 aromatic carbocycles. The Morgan fingerprint density at radius 1 is 1.31 bits per heavy atom. The molecule has 3 amide bonds. The molecule has 1 saturated carbocycles. The fourth-order valence-electron chi connectivity index (χ4n) is 4.92. The Bertz CT molecular complexity index is 814. The van der Waals surface area contributed by atoms with Crippen LogP contribution in [0, 0.1) is 22.7 Å². The van der Waals surface area contributed by atoms with E-state index in [1.807, 2.05) is 0 Å². The summed E-state index contributed by atoms with van der Waals surface area (Å²) in [6, 6.07) is 8.67. The summed E-state index contributed by atoms with van der Waals surface area (Å²) in [6.07, 6.45) is 1.58. The number of hydrogen-bond donors (Lipinski definition) is 2. The first-order valence-corrected chi connectivity index (χ1v) is 10.0. The Kier molecular flexibility index (Phi) is 5.85. The van der Waals surface area contributed by atoms with Gasteiger partial charge in [0.05, 0.1) is 19.0 Å². The van der Waals surface area contributed by atoms with E-state index in [2.05, 4.69) is 32.2 Å². The van der Waals surface area contributed by atoms with E-state index < -0.39 is 17.7 Å². The van der Waals surface area contributed by atoms with Crippen LogP contribution in [0.1, 0.15) is 45.6 Å². The number of hydrogen-bond acceptors (Lipinski definition) is 5. The SMILES string of the molecule is C[C@@H]1CC(C)(C)C[C@@]2(C1)NC(=O)N(C[C@H](O)COc1ccc(CC#N)cc1)C2=O. The van der Waals surface area contributed by atoms with E-state index in [1.54, 1.807) is 24.3 Å². The van der Waals surface area contributed by atoms with Crippen molar-refractivity contribution in [2.24, 2.45) is 11.3 Å². The molecule has 2 aliphatic rings. The van der Waals surface area contributed by atoms with Crippen molar-refractivity contribution in [2.45, 2.75) is 58.1 Å². The smallest absolute Gasteiger partial charge is 0.325 e. The van der Waals surface area contributed by atoms with Crippen LogP contribution >= 0.6 is 0 Å². The molecular weight excluding hydrogens is 370 g/mol. The van der Waals surface area contributed by atoms with Crippen LogP contribution in [0.5, 0.6) is 5.75 Å². The zero-order valence-electron chi connectivity index (χ0n) is 17.3. The van der Waals surface area contributed by atoms with Crippen molar-refractivity contribution in [3.8, 4) is 11.8 Å². The molecule has 7 nitrogen and oxygen atoms in total. The maximum Gasteiger partial charge on any atom is 0.325 e. The van der Waals surface area contributed by atoms with Crippen LogP contribution in [0.25, 0.3) is 0 Å². The Labute approximate surface area is 171 Å². The third-order valence-corrected chi connectivity index (χ3v) is 5.67. The first-order chi connectivity index (χ1) is 13.6. The van der Waals surface area contributed by atoms with Crippen LogP contribution in [-0.2, 0) is 11.2 Å². The van der Waals surface area contributed by atoms with Crippen molar-refractivity contribution < 1.29 is 19.4 Å². The van der Waals surface area contributed by atoms with Gasteiger partial charge in [-0.1, -0.05) is 32.9 Å². The second-order valence-electron chi connectivity index (χ2n) is 9.23. The fraction of sp³-hybridized carbons (Fsp3) is 0.591. The van der Waals surface area contributed by atoms with Crippen LogP contribution in [0.15, 0.2) is 24.3 Å². The van der Waals surface area contributed by atoms with Gasteiger partial charge in [0.2, 0.25) is 0 Å². The minimum Gasteiger partial charge on any atom is -0.491 e. The zero-order valence-corrected chi connectivity index (χ0v) is 17.3. The number of β-amino-alcohol motifs (C(OH)–C–C–N with tert-alkyl or cyclic N) is 1. The third-order valence-electron chi connectivity index (χ3n) is 5.67. The molecule has 0 unspecified atom stereocenters. The number of aliphatic hydroxyl groups excluding tert-OH is 1. The van der Waals surface area contributed by atoms with Crippen LogP contribution in [0.2, 0.25) is 0 Å². The van der Waals surface area contributed by atoms with E-state index >= 15 is 0 Å². The lowest BCUT2D eigenvalue weighted by Gasteiger charge is -2.43. The predicted molar refractivity (Wildman–Crippen MR) is 107 cm³/mol. The van der Waals surface area contributed by atoms with E-state index in [1.165, 1.54) is 0 Å². The van der Waals surface area contributed by atoms with Gasteiger partial charge in [-0.05, 0) is 48.3 Å². The minimum absolute atomic E-state index is 0.0317. The number of nitrogens with zero attached hydrogens (tertiary/aromatic N) is 2. The maximum atomic E-state index is 13.1. The number of rotatable bonds is 6. The van der Waals surface area contributed by atoms with E-state index in [4.69, 9.17) is 10.00 Å². The van der Waals surface area contributed by atoms with E-state index in [9.17, 15) is 14.7 Å². The highest BCUT2D eigenvalue weighted by atomic mass is 16.5. The molecule has 2 N–H and O–H groups in total. The van der Waals surface area contributed by atoms with E-state index in [0.29, 0.717) is 30.9 Å². The van der Waals surface area contributed by atoms with E-state index in [0.717, 1.165) is 16.9 Å². The first-order valence-electron chi connectivity index (χ1n) is 10.0. The quantitative estimate of drug-likeness (QED) is 0.716. The maximum absolute atomic E-state index is 13.1. The molecule has 1 aromatic rings. The van der Waals surface area contributed by atoms with Crippen molar-refractivity contribution in [1.82, 2.24) is 10.2 Å². The minimum atomic E-state index is -0.993. The second-order valence-corrected chi connectivity index (χ2v) is 9.23. The zero-order chi connectivity index (χ0) is 21.2. The number of benzene rings is 1. The molecule has 7 heteroatoms. The number of imide groups is 1. The molecule has 0 bridgehead atoms. The standard InChI is InChI=1S/C22H29N3O4/c1-15-10-21(2,3)14-22(11-15)19(27)25(20(28)24-22)12-17(26)13-29-18-6-4-16(5-7-18)8-9-23/h4-7,15,17,26H,8,10-14H2,1-3H3,(H,24,28)/t15-,17+,22-/m1/s1. The number of carbonyl (C=O) groups is 2. The molecule has 1 aliphatic carbocycles. The molecule has 0 radical (unpaired) electrons. The van der Waals surface area contributed by atoms with Crippen molar-refractivity contribution in [3.05, 3.63) is 29.8 Å². The summed E-state index contributed by atoms with van der Waals surface area (Å²) < 4.78 is 5.57. The third kappa shape index (κ3) is 4.70. The number of ether oxygens (including phenoxy) is 1. The molecule has 1 aliphatic heterocycles. The van der Waals surface area contributed by atoms with Gasteiger partial charge in [0.25, 0.3) is 5.91 Å². The summed E-state index contributed by atoms with van der Waals surface area (Å²) in [5.41, 5.74) is -0.0134. The lowest BCUT2D eigenvalue weighted by atomic mass is 9.64. The van der Waals surface area contributed by atoms with Gasteiger partial charge in [0.1, 0.15) is 24.0 Å². The summed E-state index contributed by atoms with van der Waals surface area (Å²) in [7, 11) is 0. The fourth-order valence-corrected chi connectivity index (χ4v) is 4.92. The van der Waals surface area contributed by atoms with Crippen molar-refractivity contribution in [3.63, 3.8) is 0 Å². The van der Waals surface area contributed by atoms with Crippen LogP contribution < -0.4 is 10.1 Å². The largest absolute Gasteiger partial charge is 0.491 e. The summed E-state index contributed by atoms with van der Waals surface area (Å²) in [5.74, 6) is 0.643. The summed E-state index contributed by atoms with van der Waals surface area (Å²) in [5, 5.41) is 22.0. The second kappa shape index (κ2) is 8.03. The number of amides is 3. The Balaban J connectivity index is 1.59. The molecule has 1 saturated heterocycles. The lowest BCUT2D eigenvalue weighted by molar-refractivity contribution is -0.135. The van der Waals surface area contributed by atoms with Gasteiger partial charge in [-0.15, -0.1) is 0 Å². The molecule has 156 valence electrons. The molecule has 0 aromatic heterocycles. The van der Waals surface area contributed by atoms with Crippen molar-refractivity contribution in [2.75, 3.05) is 13.2 Å². The predicted octanol–water partition coefficient (Wildman–Crippen LogP) is 2.63. The van der Waals surface area contributed by atoms with Gasteiger partial charge in [-0.2, -0.15) is 5.26 Å². The van der Waals surface area contributed by atoms with Gasteiger partial charge < -0.3 is 15.2 Å². The Morgan fingerprint density at radius 2 is 2.00 bits per heavy atom. The highest BCUT2D eigenvalue weighted by Crippen LogP contribution is 2.46. The highest BCUT2D eigenvalue weighted by Gasteiger charge is 2.56. The average molecular weight is 399 g/mol. The molecule has 3 rings (SSSR count). The number of urea groups is 1. The molecule has 2 fully saturated rings. The summed E-state index contributed by atoms with van der Waals surface area (Å²) >= 11 is 0. The topological polar surface area (TPSA) is 103 Å². The van der Waals surface area contributed by atoms with Crippen LogP contribution in [0.3, 0.4) is 0 Å². The monoisotopic (exact) mass is 399 g/mol. The van der Waals surface area contributed by atoms with Gasteiger partial charge in [-0.25, -0.2) is 4.79 Å². The summed E-state index contributed by atoms with van der Waals surface area (Å²) in [6.45, 7) is 6.21. The van der Waals surface area contributed by atoms with Gasteiger partial charge >= 0.3 is 6.03 Å². The number of nitriles is 1. The Morgan fingerprint density at radius 3 is 2.62 bits per heavy atom. The normalized spacial score (nSPS) is 26.9. The van der Waals surface area contributed by atoms with Crippen molar-refractivity contribution >= 4 is 11.9 Å². The molecule has 3 atom stereocenters. The van der Waals surface area contributed by atoms with Gasteiger partial charge in [0.15, 0.2) is 0 Å². The molecule has 1 heterocycles. The summed E-state index contributed by atoms with van der Waals surface area (Å²) in [4.78, 5) is 26.7. The lowest BCUT2D eigenvalue weighted by Crippen LogP contribution is -2.54. The van der Waals surface area contributed by atoms with Gasteiger partial charge in [0, 0.05) is 0 Å². The van der Waals surface area contributed by atoms with Crippen LogP contribution in [-0.4, -0.2) is 46.7 Å². The average Bonchev–Trinajstić information content (AvgIpc) is 2.83. The van der Waals surface area contributed by atoms with Gasteiger partial charge in [-0.3, -0.25) is 9.69 Å². The number of nitrogens with one attached hydrogen (secondary N) is 1. The molecule has 1 spiro atoms. The first kappa shape index (κ1) is 21.1.